The number of aliphatic hydroxyl groups excluding tert-OH is 1. The van der Waals surface area contributed by atoms with Crippen LogP contribution in [0.2, 0.25) is 5.02 Å². The molecule has 3 aromatic carbocycles. The van der Waals surface area contributed by atoms with Crippen molar-refractivity contribution >= 4 is 55.5 Å². The lowest BCUT2D eigenvalue weighted by Crippen LogP contribution is -2.47. The lowest BCUT2D eigenvalue weighted by Gasteiger charge is -2.39. The summed E-state index contributed by atoms with van der Waals surface area (Å²) in [5, 5.41) is 23.0. The molecular formula is C44H47ClN6O8S. The fraction of sp³-hybridized carbons (Fsp3) is 0.364. The minimum Gasteiger partial charge on any atom is -0.493 e. The van der Waals surface area contributed by atoms with Crippen LogP contribution in [0.5, 0.6) is 17.2 Å². The second-order valence-corrected chi connectivity index (χ2v) is 18.7. The van der Waals surface area contributed by atoms with Crippen molar-refractivity contribution in [3.63, 3.8) is 0 Å². The molecule has 1 saturated heterocycles. The highest BCUT2D eigenvalue weighted by atomic mass is 35.5. The van der Waals surface area contributed by atoms with Gasteiger partial charge in [-0.05, 0) is 91.0 Å². The van der Waals surface area contributed by atoms with E-state index in [4.69, 9.17) is 21.1 Å². The monoisotopic (exact) mass is 854 g/mol. The number of anilines is 1. The van der Waals surface area contributed by atoms with Crippen LogP contribution in [0.3, 0.4) is 0 Å². The summed E-state index contributed by atoms with van der Waals surface area (Å²) in [6, 6.07) is 18.9. The third-order valence-corrected chi connectivity index (χ3v) is 13.3. The Hall–Kier alpha value is -5.48. The van der Waals surface area contributed by atoms with Gasteiger partial charge in [0.05, 0.1) is 33.7 Å². The molecule has 0 radical (unpaired) electrons. The Morgan fingerprint density at radius 2 is 1.88 bits per heavy atom. The molecule has 5 aromatic rings. The van der Waals surface area contributed by atoms with E-state index in [-0.39, 0.29) is 53.6 Å². The number of benzene rings is 3. The van der Waals surface area contributed by atoms with E-state index >= 15 is 0 Å². The van der Waals surface area contributed by atoms with Crippen LogP contribution in [0, 0.1) is 21.4 Å². The smallest absolute Gasteiger partial charge is 0.277 e. The number of fused-ring (bicyclic) bond motifs is 2. The number of carbonyl (C=O) groups is 1. The molecule has 16 heteroatoms. The first-order valence-corrected chi connectivity index (χ1v) is 21.9. The molecule has 3 aliphatic rings. The zero-order valence-corrected chi connectivity index (χ0v) is 35.0. The number of piperazine rings is 1. The number of pyridine rings is 1. The van der Waals surface area contributed by atoms with Gasteiger partial charge in [0.2, 0.25) is 0 Å². The molecule has 3 N–H and O–H groups in total. The molecule has 2 aromatic heterocycles. The number of rotatable bonds is 12. The number of allylic oxidation sites excluding steroid dienone is 1. The number of ether oxygens (including phenoxy) is 2. The molecule has 1 fully saturated rings. The Bertz CT molecular complexity index is 2580. The molecule has 0 bridgehead atoms. The highest BCUT2D eigenvalue weighted by Gasteiger charge is 2.33. The van der Waals surface area contributed by atoms with E-state index in [1.54, 1.807) is 24.4 Å². The van der Waals surface area contributed by atoms with Gasteiger partial charge in [0.25, 0.3) is 21.6 Å². The summed E-state index contributed by atoms with van der Waals surface area (Å²) in [6.45, 7) is 8.63. The first-order valence-electron chi connectivity index (χ1n) is 20.1. The van der Waals surface area contributed by atoms with Gasteiger partial charge in [0.1, 0.15) is 22.9 Å². The number of carbonyl (C=O) groups excluding carboxylic acids is 1. The molecule has 1 aliphatic carbocycles. The molecule has 2 aliphatic heterocycles. The van der Waals surface area contributed by atoms with E-state index in [0.29, 0.717) is 30.9 Å². The zero-order valence-electron chi connectivity index (χ0n) is 33.4. The number of aromatic amines is 1. The number of nitrogens with zero attached hydrogens (tertiary/aromatic N) is 4. The summed E-state index contributed by atoms with van der Waals surface area (Å²) in [4.78, 5) is 37.0. The third kappa shape index (κ3) is 8.99. The van der Waals surface area contributed by atoms with Gasteiger partial charge in [-0.1, -0.05) is 43.2 Å². The van der Waals surface area contributed by atoms with Crippen LogP contribution in [0.25, 0.3) is 16.6 Å². The van der Waals surface area contributed by atoms with E-state index in [9.17, 15) is 28.4 Å². The number of halogens is 1. The van der Waals surface area contributed by atoms with Crippen molar-refractivity contribution in [3.8, 4) is 17.2 Å². The normalized spacial score (nSPS) is 18.2. The summed E-state index contributed by atoms with van der Waals surface area (Å²) in [6.07, 6.45) is 7.06. The highest BCUT2D eigenvalue weighted by Crippen LogP contribution is 2.44. The number of hydrogen-bond acceptors (Lipinski definition) is 11. The zero-order chi connectivity index (χ0) is 42.2. The molecule has 60 heavy (non-hydrogen) atoms. The Morgan fingerprint density at radius 3 is 2.63 bits per heavy atom. The number of H-pyrrole nitrogens is 1. The summed E-state index contributed by atoms with van der Waals surface area (Å²) in [5.41, 5.74) is 5.49. The topological polar surface area (TPSA) is 180 Å². The Balaban J connectivity index is 1.03. The van der Waals surface area contributed by atoms with Crippen molar-refractivity contribution in [3.05, 3.63) is 117 Å². The number of amides is 1. The summed E-state index contributed by atoms with van der Waals surface area (Å²) >= 11 is 6.23. The van der Waals surface area contributed by atoms with Gasteiger partial charge in [0, 0.05) is 79.8 Å². The summed E-state index contributed by atoms with van der Waals surface area (Å²) in [5.74, 6) is -0.654. The molecule has 8 rings (SSSR count). The second kappa shape index (κ2) is 16.9. The maximum absolute atomic E-state index is 13.9. The molecule has 0 spiro atoms. The van der Waals surface area contributed by atoms with Crippen molar-refractivity contribution in [2.24, 2.45) is 11.3 Å². The Morgan fingerprint density at radius 1 is 1.10 bits per heavy atom. The Kier molecular flexibility index (Phi) is 11.6. The average Bonchev–Trinajstić information content (AvgIpc) is 3.70. The molecule has 1 amide bonds. The third-order valence-electron chi connectivity index (χ3n) is 11.7. The highest BCUT2D eigenvalue weighted by molar-refractivity contribution is 7.90. The molecule has 1 atom stereocenters. The number of aliphatic hydroxyl groups is 1. The van der Waals surface area contributed by atoms with Gasteiger partial charge in [-0.25, -0.2) is 18.1 Å². The predicted molar refractivity (Wildman–Crippen MR) is 229 cm³/mol. The van der Waals surface area contributed by atoms with Crippen molar-refractivity contribution in [1.82, 2.24) is 19.6 Å². The van der Waals surface area contributed by atoms with Crippen molar-refractivity contribution < 1.29 is 32.7 Å². The van der Waals surface area contributed by atoms with Gasteiger partial charge in [-0.3, -0.25) is 19.8 Å². The molecule has 14 nitrogen and oxygen atoms in total. The number of nitro benzene ring substituents is 1. The van der Waals surface area contributed by atoms with Gasteiger partial charge in [-0.15, -0.1) is 0 Å². The molecule has 314 valence electrons. The van der Waals surface area contributed by atoms with Crippen LogP contribution in [0.15, 0.2) is 89.6 Å². The first kappa shape index (κ1) is 41.3. The molecular weight excluding hydrogens is 808 g/mol. The maximum Gasteiger partial charge on any atom is 0.277 e. The minimum absolute atomic E-state index is 0.0498. The SMILES string of the molecule is CC1(C)CCC(CN2CCN(c3ccc(C(=O)NS(=O)(=O)c4cc5c(c([N+](=O)[O-])c4)C[C@H](CCO)CO5)c(Oc4cnc5[nH]ccc5c4)c3)CC2)=C(c2ccc(Cl)cc2)C1. The van der Waals surface area contributed by atoms with Crippen molar-refractivity contribution in [1.29, 1.82) is 0 Å². The van der Waals surface area contributed by atoms with E-state index < -0.39 is 31.4 Å². The van der Waals surface area contributed by atoms with Crippen molar-refractivity contribution in [2.45, 2.75) is 50.8 Å². The predicted octanol–water partition coefficient (Wildman–Crippen LogP) is 7.75. The van der Waals surface area contributed by atoms with Gasteiger partial charge >= 0.3 is 0 Å². The number of nitrogens with one attached hydrogen (secondary N) is 2. The number of nitro groups is 1. The molecule has 4 heterocycles. The maximum atomic E-state index is 13.9. The second-order valence-electron chi connectivity index (χ2n) is 16.6. The van der Waals surface area contributed by atoms with E-state index in [1.807, 2.05) is 18.2 Å². The van der Waals surface area contributed by atoms with Gasteiger partial charge < -0.3 is 24.5 Å². The standard InChI is InChI=1S/C44H47ClN6O8S/c1-44(2)12-9-31(38(24-44)29-3-5-32(45)6-4-29)26-49-14-16-50(17-15-49)33-7-8-36(41(21-33)59-34-20-30-10-13-46-42(30)47-25-34)43(53)48-60(56,57)35-22-39(51(54)55)37-19-28(11-18-52)27-58-40(37)23-35/h3-8,10,13,20-23,25,28,52H,9,11-12,14-19,24,26-27H2,1-2H3,(H,46,47)(H,48,53)/t28-/m0/s1. The molecule has 0 saturated carbocycles. The van der Waals surface area contributed by atoms with E-state index in [0.717, 1.165) is 61.1 Å². The van der Waals surface area contributed by atoms with Crippen molar-refractivity contribution in [2.75, 3.05) is 50.8 Å². The summed E-state index contributed by atoms with van der Waals surface area (Å²) in [7, 11) is -4.63. The molecule has 0 unspecified atom stereocenters. The fourth-order valence-corrected chi connectivity index (χ4v) is 9.52. The first-order chi connectivity index (χ1) is 28.7. The van der Waals surface area contributed by atoms with Crippen LogP contribution < -0.4 is 19.1 Å². The van der Waals surface area contributed by atoms with Crippen LogP contribution in [-0.2, 0) is 16.4 Å². The number of aromatic nitrogens is 2. The quantitative estimate of drug-likeness (QED) is 0.0825. The fourth-order valence-electron chi connectivity index (χ4n) is 8.40. The van der Waals surface area contributed by atoms with Crippen LogP contribution in [0.1, 0.15) is 61.0 Å². The Labute approximate surface area is 353 Å². The average molecular weight is 855 g/mol. The van der Waals surface area contributed by atoms with Gasteiger partial charge in [-0.2, -0.15) is 0 Å². The minimum atomic E-state index is -4.63. The largest absolute Gasteiger partial charge is 0.493 e. The van der Waals surface area contributed by atoms with Gasteiger partial charge in [0.15, 0.2) is 0 Å². The van der Waals surface area contributed by atoms with Crippen LogP contribution in [-0.4, -0.2) is 85.2 Å². The van der Waals surface area contributed by atoms with Crippen LogP contribution >= 0.6 is 11.6 Å². The number of hydrogen-bond donors (Lipinski definition) is 3. The van der Waals surface area contributed by atoms with E-state index in [2.05, 4.69) is 50.5 Å². The van der Waals surface area contributed by atoms with E-state index in [1.165, 1.54) is 35.0 Å². The van der Waals surface area contributed by atoms with Crippen LogP contribution in [0.4, 0.5) is 11.4 Å². The number of sulfonamides is 1. The lowest BCUT2D eigenvalue weighted by atomic mass is 9.72. The lowest BCUT2D eigenvalue weighted by molar-refractivity contribution is -0.386. The summed E-state index contributed by atoms with van der Waals surface area (Å²) < 4.78 is 41.6.